The lowest BCUT2D eigenvalue weighted by atomic mass is 10.3. The third-order valence-corrected chi connectivity index (χ3v) is 4.19. The van der Waals surface area contributed by atoms with Crippen LogP contribution in [0.3, 0.4) is 0 Å². The minimum Gasteiger partial charge on any atom is -0.375 e. The summed E-state index contributed by atoms with van der Waals surface area (Å²) in [7, 11) is 0. The summed E-state index contributed by atoms with van der Waals surface area (Å²) in [6, 6.07) is 0. The average molecular weight is 216 g/mol. The highest BCUT2D eigenvalue weighted by atomic mass is 32.2. The fourth-order valence-corrected chi connectivity index (χ4v) is 3.15. The third-order valence-electron chi connectivity index (χ3n) is 1.75. The summed E-state index contributed by atoms with van der Waals surface area (Å²) < 4.78 is 1.29. The van der Waals surface area contributed by atoms with E-state index in [2.05, 4.69) is 11.9 Å². The zero-order valence-corrected chi connectivity index (χ0v) is 9.80. The minimum absolute atomic E-state index is 0.690. The second kappa shape index (κ2) is 5.50. The zero-order chi connectivity index (χ0) is 9.68. The van der Waals surface area contributed by atoms with Crippen LogP contribution in [0.25, 0.3) is 0 Å². The second-order valence-electron chi connectivity index (χ2n) is 2.98. The Hall–Kier alpha value is -0.220. The molecule has 0 radical (unpaired) electrons. The van der Waals surface area contributed by atoms with Gasteiger partial charge in [0.05, 0.1) is 9.90 Å². The normalized spacial score (nSPS) is 10.6. The Kier molecular flexibility index (Phi) is 4.59. The largest absolute Gasteiger partial charge is 0.375 e. The number of nitrogen functional groups attached to an aromatic ring is 1. The van der Waals surface area contributed by atoms with Crippen molar-refractivity contribution in [3.05, 3.63) is 5.69 Å². The van der Waals surface area contributed by atoms with E-state index >= 15 is 0 Å². The van der Waals surface area contributed by atoms with Crippen LogP contribution in [-0.4, -0.2) is 10.7 Å². The number of rotatable bonds is 5. The number of thioether (sulfide) groups is 1. The maximum absolute atomic E-state index is 5.60. The van der Waals surface area contributed by atoms with Gasteiger partial charge in [0.15, 0.2) is 5.13 Å². The van der Waals surface area contributed by atoms with Gasteiger partial charge < -0.3 is 5.73 Å². The standard InChI is InChI=1S/C9H16N2S2/c1-3-4-5-6-12-8-7(2)11-9(10)13-8/h3-6H2,1-2H3,(H2,10,11). The van der Waals surface area contributed by atoms with Gasteiger partial charge in [-0.05, 0) is 19.1 Å². The van der Waals surface area contributed by atoms with Crippen molar-refractivity contribution >= 4 is 28.2 Å². The van der Waals surface area contributed by atoms with Gasteiger partial charge in [0.1, 0.15) is 0 Å². The predicted molar refractivity (Wildman–Crippen MR) is 61.5 cm³/mol. The second-order valence-corrected chi connectivity index (χ2v) is 5.37. The van der Waals surface area contributed by atoms with Crippen LogP contribution in [-0.2, 0) is 0 Å². The molecule has 0 amide bonds. The molecule has 0 aliphatic rings. The van der Waals surface area contributed by atoms with Crippen molar-refractivity contribution in [1.29, 1.82) is 0 Å². The van der Waals surface area contributed by atoms with E-state index in [0.717, 1.165) is 5.69 Å². The Bertz CT molecular complexity index is 258. The number of hydrogen-bond donors (Lipinski definition) is 1. The summed E-state index contributed by atoms with van der Waals surface area (Å²) in [6.45, 7) is 4.25. The molecule has 0 unspecified atom stereocenters. The Balaban J connectivity index is 2.32. The first-order valence-electron chi connectivity index (χ1n) is 4.59. The van der Waals surface area contributed by atoms with Crippen molar-refractivity contribution in [3.8, 4) is 0 Å². The van der Waals surface area contributed by atoms with Crippen LogP contribution in [0.15, 0.2) is 4.21 Å². The lowest BCUT2D eigenvalue weighted by molar-refractivity contribution is 0.778. The Morgan fingerprint density at radius 1 is 1.46 bits per heavy atom. The molecule has 0 atom stereocenters. The molecule has 1 aromatic rings. The third kappa shape index (κ3) is 3.56. The molecule has 0 saturated heterocycles. The predicted octanol–water partition coefficient (Wildman–Crippen LogP) is 3.32. The van der Waals surface area contributed by atoms with Crippen molar-refractivity contribution in [2.75, 3.05) is 11.5 Å². The number of nitrogens with two attached hydrogens (primary N) is 1. The van der Waals surface area contributed by atoms with Gasteiger partial charge in [-0.3, -0.25) is 0 Å². The molecule has 2 N–H and O–H groups in total. The van der Waals surface area contributed by atoms with Crippen molar-refractivity contribution in [3.63, 3.8) is 0 Å². The average Bonchev–Trinajstić information content (AvgIpc) is 2.39. The van der Waals surface area contributed by atoms with Crippen LogP contribution in [0.5, 0.6) is 0 Å². The van der Waals surface area contributed by atoms with E-state index in [9.17, 15) is 0 Å². The van der Waals surface area contributed by atoms with E-state index in [1.165, 1.54) is 29.2 Å². The van der Waals surface area contributed by atoms with E-state index in [-0.39, 0.29) is 0 Å². The topological polar surface area (TPSA) is 38.9 Å². The molecule has 0 saturated carbocycles. The number of thiazole rings is 1. The number of anilines is 1. The highest BCUT2D eigenvalue weighted by Gasteiger charge is 2.04. The molecule has 1 aromatic heterocycles. The Morgan fingerprint density at radius 2 is 2.23 bits per heavy atom. The molecule has 2 nitrogen and oxygen atoms in total. The molecule has 4 heteroatoms. The molecule has 0 fully saturated rings. The van der Waals surface area contributed by atoms with E-state index in [0.29, 0.717) is 5.13 Å². The lowest BCUT2D eigenvalue weighted by Gasteiger charge is -1.97. The Labute approximate surface area is 87.9 Å². The fraction of sp³-hybridized carbons (Fsp3) is 0.667. The number of nitrogens with zero attached hydrogens (tertiary/aromatic N) is 1. The molecule has 1 rings (SSSR count). The van der Waals surface area contributed by atoms with Crippen molar-refractivity contribution < 1.29 is 0 Å². The van der Waals surface area contributed by atoms with E-state index < -0.39 is 0 Å². The summed E-state index contributed by atoms with van der Waals surface area (Å²) >= 11 is 3.49. The van der Waals surface area contributed by atoms with Gasteiger partial charge in [-0.1, -0.05) is 31.1 Å². The van der Waals surface area contributed by atoms with Crippen LogP contribution in [0, 0.1) is 6.92 Å². The zero-order valence-electron chi connectivity index (χ0n) is 8.17. The van der Waals surface area contributed by atoms with Gasteiger partial charge >= 0.3 is 0 Å². The van der Waals surface area contributed by atoms with Crippen LogP contribution in [0.1, 0.15) is 31.9 Å². The maximum Gasteiger partial charge on any atom is 0.181 e. The molecule has 0 aliphatic carbocycles. The molecular weight excluding hydrogens is 200 g/mol. The molecule has 1 heterocycles. The monoisotopic (exact) mass is 216 g/mol. The SMILES string of the molecule is CCCCCSc1sc(N)nc1C. The molecule has 0 aliphatic heterocycles. The quantitative estimate of drug-likeness (QED) is 0.606. The van der Waals surface area contributed by atoms with Crippen LogP contribution in [0.2, 0.25) is 0 Å². The van der Waals surface area contributed by atoms with Crippen molar-refractivity contribution in [2.24, 2.45) is 0 Å². The first-order valence-corrected chi connectivity index (χ1v) is 6.40. The van der Waals surface area contributed by atoms with Crippen LogP contribution in [0.4, 0.5) is 5.13 Å². The van der Waals surface area contributed by atoms with Gasteiger partial charge in [-0.15, -0.1) is 11.8 Å². The summed E-state index contributed by atoms with van der Waals surface area (Å²) in [6.07, 6.45) is 3.89. The molecule has 74 valence electrons. The smallest absolute Gasteiger partial charge is 0.181 e. The van der Waals surface area contributed by atoms with E-state index in [1.807, 2.05) is 18.7 Å². The maximum atomic E-state index is 5.60. The molecule has 0 spiro atoms. The summed E-state index contributed by atoms with van der Waals surface area (Å²) in [5.41, 5.74) is 6.69. The van der Waals surface area contributed by atoms with Crippen molar-refractivity contribution in [2.45, 2.75) is 37.3 Å². The van der Waals surface area contributed by atoms with Crippen LogP contribution >= 0.6 is 23.1 Å². The van der Waals surface area contributed by atoms with E-state index in [1.54, 1.807) is 11.3 Å². The minimum atomic E-state index is 0.690. The van der Waals surface area contributed by atoms with Crippen LogP contribution < -0.4 is 5.73 Å². The van der Waals surface area contributed by atoms with Gasteiger partial charge in [0.25, 0.3) is 0 Å². The molecule has 0 aromatic carbocycles. The van der Waals surface area contributed by atoms with Crippen molar-refractivity contribution in [1.82, 2.24) is 4.98 Å². The van der Waals surface area contributed by atoms with Gasteiger partial charge in [0.2, 0.25) is 0 Å². The molecule has 13 heavy (non-hydrogen) atoms. The van der Waals surface area contributed by atoms with E-state index in [4.69, 9.17) is 5.73 Å². The molecule has 0 bridgehead atoms. The van der Waals surface area contributed by atoms with Gasteiger partial charge in [-0.25, -0.2) is 4.98 Å². The fourth-order valence-electron chi connectivity index (χ4n) is 1.05. The molecular formula is C9H16N2S2. The number of unbranched alkanes of at least 4 members (excludes halogenated alkanes) is 2. The highest BCUT2D eigenvalue weighted by Crippen LogP contribution is 2.30. The summed E-state index contributed by atoms with van der Waals surface area (Å²) in [5, 5.41) is 0.690. The highest BCUT2D eigenvalue weighted by molar-refractivity contribution is 8.01. The number of aryl methyl sites for hydroxylation is 1. The number of aromatic nitrogens is 1. The number of hydrogen-bond acceptors (Lipinski definition) is 4. The summed E-state index contributed by atoms with van der Waals surface area (Å²) in [5.74, 6) is 1.19. The van der Waals surface area contributed by atoms with Gasteiger partial charge in [-0.2, -0.15) is 0 Å². The first kappa shape index (κ1) is 10.9. The summed E-state index contributed by atoms with van der Waals surface area (Å²) in [4.78, 5) is 4.19. The lowest BCUT2D eigenvalue weighted by Crippen LogP contribution is -1.81. The first-order chi connectivity index (χ1) is 6.24. The van der Waals surface area contributed by atoms with Gasteiger partial charge in [0, 0.05) is 0 Å². The Morgan fingerprint density at radius 3 is 2.77 bits per heavy atom.